The minimum atomic E-state index is -1.32. The number of fused-ring (bicyclic) bond motifs is 2. The predicted molar refractivity (Wildman–Crippen MR) is 112 cm³/mol. The molecular weight excluding hydrogens is 414 g/mol. The number of aliphatic hydroxyl groups excluding tert-OH is 1. The summed E-state index contributed by atoms with van der Waals surface area (Å²) in [6, 6.07) is 5.96. The molecule has 3 saturated heterocycles. The average Bonchev–Trinajstić information content (AvgIpc) is 3.36. The van der Waals surface area contributed by atoms with Gasteiger partial charge < -0.3 is 25.5 Å². The Hall–Kier alpha value is -2.23. The first-order valence-corrected chi connectivity index (χ1v) is 10.5. The molecule has 3 N–H and O–H groups in total. The van der Waals surface area contributed by atoms with Gasteiger partial charge in [-0.2, -0.15) is 0 Å². The highest BCUT2D eigenvalue weighted by Gasteiger charge is 2.38. The molecule has 0 spiro atoms. The Morgan fingerprint density at radius 1 is 1.23 bits per heavy atom. The molecular formula is C20H23ClF2N6O. The molecule has 0 amide bonds. The molecule has 3 fully saturated rings. The maximum Gasteiger partial charge on any atom is 0.147 e. The maximum absolute atomic E-state index is 14.1. The molecule has 2 bridgehead atoms. The summed E-state index contributed by atoms with van der Waals surface area (Å²) in [5.74, 6) is 0.831. The van der Waals surface area contributed by atoms with E-state index in [0.29, 0.717) is 36.7 Å². The Morgan fingerprint density at radius 3 is 2.80 bits per heavy atom. The van der Waals surface area contributed by atoms with E-state index in [9.17, 15) is 13.9 Å². The number of hydrogen-bond acceptors (Lipinski definition) is 7. The SMILES string of the molecule is OC1CCN(c2cc(N3CC4CC3CN4)cc(Nc3cc(F)c(Cl)cn3)n2)CC1F. The van der Waals surface area contributed by atoms with E-state index in [0.717, 1.165) is 25.2 Å². The molecule has 3 aliphatic heterocycles. The number of nitrogens with one attached hydrogen (secondary N) is 2. The second kappa shape index (κ2) is 7.79. The molecule has 4 atom stereocenters. The first-order chi connectivity index (χ1) is 14.5. The summed E-state index contributed by atoms with van der Waals surface area (Å²) >= 11 is 5.73. The van der Waals surface area contributed by atoms with Crippen LogP contribution in [-0.2, 0) is 0 Å². The smallest absolute Gasteiger partial charge is 0.147 e. The average molecular weight is 437 g/mol. The lowest BCUT2D eigenvalue weighted by Crippen LogP contribution is -2.45. The molecule has 5 heterocycles. The zero-order chi connectivity index (χ0) is 20.8. The third-order valence-electron chi connectivity index (χ3n) is 6.08. The lowest BCUT2D eigenvalue weighted by Gasteiger charge is -2.35. The lowest BCUT2D eigenvalue weighted by molar-refractivity contribution is 0.0614. The number of aromatic nitrogens is 2. The third-order valence-corrected chi connectivity index (χ3v) is 6.36. The van der Waals surface area contributed by atoms with Crippen LogP contribution in [0.25, 0.3) is 0 Å². The van der Waals surface area contributed by atoms with Crippen LogP contribution in [0.2, 0.25) is 5.02 Å². The van der Waals surface area contributed by atoms with Crippen molar-refractivity contribution in [3.63, 3.8) is 0 Å². The molecule has 30 heavy (non-hydrogen) atoms. The molecule has 7 nitrogen and oxygen atoms in total. The molecule has 10 heteroatoms. The second-order valence-corrected chi connectivity index (χ2v) is 8.55. The van der Waals surface area contributed by atoms with E-state index in [2.05, 4.69) is 25.5 Å². The van der Waals surface area contributed by atoms with Gasteiger partial charge in [-0.25, -0.2) is 18.7 Å². The molecule has 160 valence electrons. The summed E-state index contributed by atoms with van der Waals surface area (Å²) in [7, 11) is 0. The van der Waals surface area contributed by atoms with Crippen molar-refractivity contribution in [3.05, 3.63) is 35.2 Å². The third kappa shape index (κ3) is 3.77. The fourth-order valence-electron chi connectivity index (χ4n) is 4.49. The van der Waals surface area contributed by atoms with Crippen molar-refractivity contribution in [1.29, 1.82) is 0 Å². The fourth-order valence-corrected chi connectivity index (χ4v) is 4.59. The van der Waals surface area contributed by atoms with Crippen molar-refractivity contribution in [2.45, 2.75) is 37.2 Å². The van der Waals surface area contributed by atoms with Crippen LogP contribution in [0.1, 0.15) is 12.8 Å². The van der Waals surface area contributed by atoms with E-state index in [1.54, 1.807) is 0 Å². The number of piperazine rings is 1. The maximum atomic E-state index is 14.1. The number of halogens is 3. The standard InChI is InChI=1S/C20H23ClF2N6O/c21-14-8-25-18(6-15(14)22)26-19-4-12(29-9-11-3-13(29)7-24-11)5-20(27-19)28-2-1-17(30)16(23)10-28/h4-6,8,11,13,16-17,24,30H,1-3,7,9-10H2,(H,25,26,27). The molecule has 4 unspecified atom stereocenters. The van der Waals surface area contributed by atoms with Crippen molar-refractivity contribution in [2.24, 2.45) is 0 Å². The number of alkyl halides is 1. The van der Waals surface area contributed by atoms with E-state index in [-0.39, 0.29) is 17.4 Å². The van der Waals surface area contributed by atoms with E-state index in [1.807, 2.05) is 17.0 Å². The Bertz CT molecular complexity index is 950. The first kappa shape index (κ1) is 19.7. The van der Waals surface area contributed by atoms with Gasteiger partial charge in [-0.1, -0.05) is 11.6 Å². The minimum absolute atomic E-state index is 0.0515. The van der Waals surface area contributed by atoms with Crippen LogP contribution in [0, 0.1) is 5.82 Å². The second-order valence-electron chi connectivity index (χ2n) is 8.14. The van der Waals surface area contributed by atoms with E-state index in [1.165, 1.54) is 12.3 Å². The Balaban J connectivity index is 1.47. The van der Waals surface area contributed by atoms with E-state index in [4.69, 9.17) is 11.6 Å². The number of hydrogen-bond donors (Lipinski definition) is 3. The van der Waals surface area contributed by atoms with Gasteiger partial charge in [0.25, 0.3) is 0 Å². The first-order valence-electron chi connectivity index (χ1n) is 10.1. The van der Waals surface area contributed by atoms with Gasteiger partial charge in [0.05, 0.1) is 23.9 Å². The van der Waals surface area contributed by atoms with Gasteiger partial charge in [-0.05, 0) is 12.8 Å². The molecule has 0 radical (unpaired) electrons. The van der Waals surface area contributed by atoms with Crippen LogP contribution >= 0.6 is 11.6 Å². The number of piperidine rings is 1. The van der Waals surface area contributed by atoms with Gasteiger partial charge in [0.2, 0.25) is 0 Å². The molecule has 0 aromatic carbocycles. The van der Waals surface area contributed by atoms with Crippen LogP contribution < -0.4 is 20.4 Å². The van der Waals surface area contributed by atoms with Crippen LogP contribution in [-0.4, -0.2) is 65.6 Å². The normalized spacial score (nSPS) is 28.3. The van der Waals surface area contributed by atoms with Gasteiger partial charge in [-0.15, -0.1) is 0 Å². The molecule has 0 saturated carbocycles. The molecule has 3 aliphatic rings. The van der Waals surface area contributed by atoms with E-state index >= 15 is 0 Å². The van der Waals surface area contributed by atoms with Crippen molar-refractivity contribution in [1.82, 2.24) is 15.3 Å². The zero-order valence-electron chi connectivity index (χ0n) is 16.2. The van der Waals surface area contributed by atoms with Crippen molar-refractivity contribution >= 4 is 34.7 Å². The lowest BCUT2D eigenvalue weighted by atomic mass is 10.1. The number of aliphatic hydroxyl groups is 1. The fraction of sp³-hybridized carbons (Fsp3) is 0.500. The van der Waals surface area contributed by atoms with Gasteiger partial charge >= 0.3 is 0 Å². The van der Waals surface area contributed by atoms with Gasteiger partial charge in [-0.3, -0.25) is 0 Å². The van der Waals surface area contributed by atoms with Crippen LogP contribution in [0.3, 0.4) is 0 Å². The summed E-state index contributed by atoms with van der Waals surface area (Å²) in [6.45, 7) is 2.42. The topological polar surface area (TPSA) is 76.6 Å². The number of rotatable bonds is 4. The summed E-state index contributed by atoms with van der Waals surface area (Å²) in [6.07, 6.45) is 0.419. The molecule has 2 aromatic rings. The predicted octanol–water partition coefficient (Wildman–Crippen LogP) is 2.47. The summed E-state index contributed by atoms with van der Waals surface area (Å²) in [5, 5.41) is 16.2. The number of pyridine rings is 2. The van der Waals surface area contributed by atoms with Crippen LogP contribution in [0.5, 0.6) is 0 Å². The summed E-state index contributed by atoms with van der Waals surface area (Å²) in [4.78, 5) is 12.9. The number of anilines is 4. The summed E-state index contributed by atoms with van der Waals surface area (Å²) in [5.41, 5.74) is 0.979. The van der Waals surface area contributed by atoms with E-state index < -0.39 is 18.1 Å². The van der Waals surface area contributed by atoms with Gasteiger partial charge in [0.15, 0.2) is 0 Å². The molecule has 5 rings (SSSR count). The Labute approximate surface area is 178 Å². The molecule has 0 aliphatic carbocycles. The van der Waals surface area contributed by atoms with Crippen LogP contribution in [0.15, 0.2) is 24.4 Å². The largest absolute Gasteiger partial charge is 0.390 e. The van der Waals surface area contributed by atoms with Gasteiger partial charge in [0.1, 0.15) is 29.4 Å². The zero-order valence-corrected chi connectivity index (χ0v) is 17.0. The van der Waals surface area contributed by atoms with Crippen molar-refractivity contribution < 1.29 is 13.9 Å². The molecule has 2 aromatic heterocycles. The van der Waals surface area contributed by atoms with Crippen molar-refractivity contribution in [3.8, 4) is 0 Å². The van der Waals surface area contributed by atoms with Gasteiger partial charge in [0, 0.05) is 55.6 Å². The summed E-state index contributed by atoms with van der Waals surface area (Å²) < 4.78 is 28.0. The van der Waals surface area contributed by atoms with Crippen LogP contribution in [0.4, 0.5) is 31.9 Å². The monoisotopic (exact) mass is 436 g/mol. The van der Waals surface area contributed by atoms with Crippen molar-refractivity contribution in [2.75, 3.05) is 41.3 Å². The minimum Gasteiger partial charge on any atom is -0.390 e. The Kier molecular flexibility index (Phi) is 5.12. The highest BCUT2D eigenvalue weighted by atomic mass is 35.5. The quantitative estimate of drug-likeness (QED) is 0.679. The highest BCUT2D eigenvalue weighted by Crippen LogP contribution is 2.34. The number of nitrogens with zero attached hydrogens (tertiary/aromatic N) is 4. The Morgan fingerprint density at radius 2 is 2.10 bits per heavy atom. The highest BCUT2D eigenvalue weighted by molar-refractivity contribution is 6.30.